The van der Waals surface area contributed by atoms with Gasteiger partial charge in [-0.05, 0) is 24.7 Å². The molecule has 0 atom stereocenters. The van der Waals surface area contributed by atoms with E-state index < -0.39 is 5.97 Å². The van der Waals surface area contributed by atoms with Crippen LogP contribution in [-0.2, 0) is 4.74 Å². The third-order valence-electron chi connectivity index (χ3n) is 2.14. The van der Waals surface area contributed by atoms with E-state index in [-0.39, 0.29) is 49.3 Å². The molecule has 0 saturated heterocycles. The lowest BCUT2D eigenvalue weighted by Crippen LogP contribution is -2.11. The fourth-order valence-corrected chi connectivity index (χ4v) is 1.33. The highest BCUT2D eigenvalue weighted by Crippen LogP contribution is 2.16. The number of benzene rings is 1. The molecule has 0 aliphatic heterocycles. The number of carbonyl (C=O) groups excluding carboxylic acids is 2. The van der Waals surface area contributed by atoms with Gasteiger partial charge in [0.15, 0.2) is 5.78 Å². The summed E-state index contributed by atoms with van der Waals surface area (Å²) in [5.41, 5.74) is 11.9. The molecule has 1 rings (SSSR count). The van der Waals surface area contributed by atoms with Crippen LogP contribution < -0.4 is 11.5 Å². The van der Waals surface area contributed by atoms with Gasteiger partial charge in [-0.3, -0.25) is 4.79 Å². The number of hydrogen-bond acceptors (Lipinski definition) is 5. The first-order valence-corrected chi connectivity index (χ1v) is 4.81. The second kappa shape index (κ2) is 8.74. The molecule has 1 aromatic carbocycles. The molecule has 0 aliphatic carbocycles. The molecule has 0 radical (unpaired) electrons. The van der Waals surface area contributed by atoms with E-state index in [1.165, 1.54) is 25.3 Å². The Morgan fingerprint density at radius 3 is 2.33 bits per heavy atom. The third kappa shape index (κ3) is 4.52. The number of carbonyl (C=O) groups is 2. The number of anilines is 1. The molecular formula is C11H16Cl2N2O3. The topological polar surface area (TPSA) is 95.4 Å². The molecule has 0 bridgehead atoms. The Labute approximate surface area is 118 Å². The Morgan fingerprint density at radius 2 is 1.89 bits per heavy atom. The van der Waals surface area contributed by atoms with Crippen molar-refractivity contribution in [3.05, 3.63) is 29.3 Å². The molecule has 0 unspecified atom stereocenters. The SMILES string of the molecule is COC(=O)c1ccc(C(=O)CCN)c(N)c1.Cl.Cl. The van der Waals surface area contributed by atoms with Crippen LogP contribution in [0.2, 0.25) is 0 Å². The van der Waals surface area contributed by atoms with Gasteiger partial charge in [-0.1, -0.05) is 0 Å². The quantitative estimate of drug-likeness (QED) is 0.497. The number of nitrogens with two attached hydrogens (primary N) is 2. The molecule has 0 amide bonds. The number of halogens is 2. The van der Waals surface area contributed by atoms with Crippen LogP contribution in [0.1, 0.15) is 27.1 Å². The van der Waals surface area contributed by atoms with Gasteiger partial charge in [0.05, 0.1) is 12.7 Å². The Hall–Kier alpha value is -1.30. The average molecular weight is 295 g/mol. The van der Waals surface area contributed by atoms with Crippen molar-refractivity contribution in [1.82, 2.24) is 0 Å². The zero-order chi connectivity index (χ0) is 12.1. The van der Waals surface area contributed by atoms with Gasteiger partial charge < -0.3 is 16.2 Å². The molecule has 0 spiro atoms. The summed E-state index contributed by atoms with van der Waals surface area (Å²) in [5, 5.41) is 0. The minimum Gasteiger partial charge on any atom is -0.465 e. The van der Waals surface area contributed by atoms with Gasteiger partial charge in [-0.2, -0.15) is 0 Å². The van der Waals surface area contributed by atoms with E-state index in [4.69, 9.17) is 11.5 Å². The summed E-state index contributed by atoms with van der Waals surface area (Å²) in [5.74, 6) is -0.610. The van der Waals surface area contributed by atoms with Crippen molar-refractivity contribution in [1.29, 1.82) is 0 Å². The predicted octanol–water partition coefficient (Wildman–Crippen LogP) is 1.43. The number of rotatable bonds is 4. The summed E-state index contributed by atoms with van der Waals surface area (Å²) in [6, 6.07) is 4.45. The molecule has 0 heterocycles. The minimum absolute atomic E-state index is 0. The van der Waals surface area contributed by atoms with E-state index in [1.807, 2.05) is 0 Å². The van der Waals surface area contributed by atoms with Crippen LogP contribution in [0, 0.1) is 0 Å². The molecule has 0 saturated carbocycles. The Kier molecular flexibility index (Phi) is 9.25. The van der Waals surface area contributed by atoms with E-state index in [0.717, 1.165) is 0 Å². The first kappa shape index (κ1) is 19.0. The summed E-state index contributed by atoms with van der Waals surface area (Å²) in [4.78, 5) is 22.7. The number of ether oxygens (including phenoxy) is 1. The standard InChI is InChI=1S/C11H14N2O3.2ClH/c1-16-11(15)7-2-3-8(9(13)6-7)10(14)4-5-12;;/h2-3,6H,4-5,12-13H2,1H3;2*1H. The van der Waals surface area contributed by atoms with Crippen LogP contribution >= 0.6 is 24.8 Å². The number of hydrogen-bond donors (Lipinski definition) is 2. The van der Waals surface area contributed by atoms with Gasteiger partial charge in [-0.25, -0.2) is 4.79 Å². The molecule has 0 aromatic heterocycles. The minimum atomic E-state index is -0.482. The first-order valence-electron chi connectivity index (χ1n) is 4.81. The van der Waals surface area contributed by atoms with Crippen molar-refractivity contribution in [2.24, 2.45) is 5.73 Å². The fraction of sp³-hybridized carbons (Fsp3) is 0.273. The second-order valence-corrected chi connectivity index (χ2v) is 3.26. The molecule has 7 heteroatoms. The maximum atomic E-state index is 11.5. The number of Topliss-reactive ketones (excluding diaryl/α,β-unsaturated/α-hetero) is 1. The van der Waals surface area contributed by atoms with Gasteiger partial charge in [-0.15, -0.1) is 24.8 Å². The van der Waals surface area contributed by atoms with E-state index >= 15 is 0 Å². The molecule has 18 heavy (non-hydrogen) atoms. The van der Waals surface area contributed by atoms with E-state index in [0.29, 0.717) is 11.1 Å². The summed E-state index contributed by atoms with van der Waals surface area (Å²) in [6.45, 7) is 0.275. The summed E-state index contributed by atoms with van der Waals surface area (Å²) >= 11 is 0. The Morgan fingerprint density at radius 1 is 1.28 bits per heavy atom. The average Bonchev–Trinajstić information content (AvgIpc) is 2.28. The fourth-order valence-electron chi connectivity index (χ4n) is 1.33. The lowest BCUT2D eigenvalue weighted by atomic mass is 10.0. The third-order valence-corrected chi connectivity index (χ3v) is 2.14. The second-order valence-electron chi connectivity index (χ2n) is 3.26. The monoisotopic (exact) mass is 294 g/mol. The lowest BCUT2D eigenvalue weighted by Gasteiger charge is -2.06. The van der Waals surface area contributed by atoms with Crippen LogP contribution in [0.4, 0.5) is 5.69 Å². The highest BCUT2D eigenvalue weighted by atomic mass is 35.5. The largest absolute Gasteiger partial charge is 0.465 e. The molecule has 0 fully saturated rings. The smallest absolute Gasteiger partial charge is 0.337 e. The van der Waals surface area contributed by atoms with Crippen LogP contribution in [0.5, 0.6) is 0 Å². The zero-order valence-electron chi connectivity index (χ0n) is 9.84. The normalized spacial score (nSPS) is 8.78. The summed E-state index contributed by atoms with van der Waals surface area (Å²) in [6.07, 6.45) is 0.238. The molecule has 1 aromatic rings. The highest BCUT2D eigenvalue weighted by Gasteiger charge is 2.12. The van der Waals surface area contributed by atoms with Crippen molar-refractivity contribution >= 4 is 42.3 Å². The van der Waals surface area contributed by atoms with Gasteiger partial charge >= 0.3 is 5.97 Å². The van der Waals surface area contributed by atoms with Crippen LogP contribution in [0.25, 0.3) is 0 Å². The first-order chi connectivity index (χ1) is 7.60. The Balaban J connectivity index is 0. The molecule has 0 aliphatic rings. The molecule has 5 nitrogen and oxygen atoms in total. The number of esters is 1. The van der Waals surface area contributed by atoms with Crippen molar-refractivity contribution in [2.45, 2.75) is 6.42 Å². The number of ketones is 1. The van der Waals surface area contributed by atoms with Gasteiger partial charge in [0.25, 0.3) is 0 Å². The van der Waals surface area contributed by atoms with Gasteiger partial charge in [0.1, 0.15) is 0 Å². The predicted molar refractivity (Wildman–Crippen MR) is 74.7 cm³/mol. The maximum Gasteiger partial charge on any atom is 0.337 e. The van der Waals surface area contributed by atoms with Crippen molar-refractivity contribution in [2.75, 3.05) is 19.4 Å². The summed E-state index contributed by atoms with van der Waals surface area (Å²) in [7, 11) is 1.28. The van der Waals surface area contributed by atoms with Crippen LogP contribution in [0.3, 0.4) is 0 Å². The molecule has 4 N–H and O–H groups in total. The number of nitrogen functional groups attached to an aromatic ring is 1. The lowest BCUT2D eigenvalue weighted by molar-refractivity contribution is 0.0600. The van der Waals surface area contributed by atoms with E-state index in [2.05, 4.69) is 4.74 Å². The van der Waals surface area contributed by atoms with E-state index in [1.54, 1.807) is 0 Å². The maximum absolute atomic E-state index is 11.5. The summed E-state index contributed by atoms with van der Waals surface area (Å²) < 4.78 is 4.54. The van der Waals surface area contributed by atoms with Gasteiger partial charge in [0.2, 0.25) is 0 Å². The van der Waals surface area contributed by atoms with Crippen LogP contribution in [-0.4, -0.2) is 25.4 Å². The van der Waals surface area contributed by atoms with E-state index in [9.17, 15) is 9.59 Å². The zero-order valence-corrected chi connectivity index (χ0v) is 11.5. The van der Waals surface area contributed by atoms with Gasteiger partial charge in [0, 0.05) is 17.7 Å². The van der Waals surface area contributed by atoms with Crippen LogP contribution in [0.15, 0.2) is 18.2 Å². The van der Waals surface area contributed by atoms with Crippen molar-refractivity contribution < 1.29 is 14.3 Å². The van der Waals surface area contributed by atoms with Crippen molar-refractivity contribution in [3.8, 4) is 0 Å². The highest BCUT2D eigenvalue weighted by molar-refractivity contribution is 6.02. The number of methoxy groups -OCH3 is 1. The van der Waals surface area contributed by atoms with Crippen molar-refractivity contribution in [3.63, 3.8) is 0 Å². The molecule has 102 valence electrons. The Bertz CT molecular complexity index is 425. The molecular weight excluding hydrogens is 279 g/mol.